The van der Waals surface area contributed by atoms with Crippen LogP contribution in [0.25, 0.3) is 0 Å². The molecule has 2 N–H and O–H groups in total. The van der Waals surface area contributed by atoms with Crippen molar-refractivity contribution in [1.29, 1.82) is 0 Å². The van der Waals surface area contributed by atoms with E-state index in [1.165, 1.54) is 0 Å². The third-order valence-electron chi connectivity index (χ3n) is 3.46. The summed E-state index contributed by atoms with van der Waals surface area (Å²) in [5.74, 6) is 0. The first-order valence-corrected chi connectivity index (χ1v) is 8.75. The summed E-state index contributed by atoms with van der Waals surface area (Å²) in [6.07, 6.45) is 1.47. The summed E-state index contributed by atoms with van der Waals surface area (Å²) in [6.45, 7) is 4.90. The monoisotopic (exact) mass is 437 g/mol. The number of hydrogen-bond acceptors (Lipinski definition) is 2. The number of aromatic nitrogens is 2. The molecule has 0 radical (unpaired) electrons. The Balaban J connectivity index is 2.33. The lowest BCUT2D eigenvalue weighted by molar-refractivity contribution is 0.585. The van der Waals surface area contributed by atoms with Crippen molar-refractivity contribution < 1.29 is 0 Å². The lowest BCUT2D eigenvalue weighted by atomic mass is 10.0. The fourth-order valence-corrected chi connectivity index (χ4v) is 3.59. The van der Waals surface area contributed by atoms with Gasteiger partial charge in [0, 0.05) is 27.6 Å². The molecule has 21 heavy (non-hydrogen) atoms. The molecule has 1 aromatic carbocycles. The van der Waals surface area contributed by atoms with Crippen LogP contribution in [0, 0.1) is 3.57 Å². The van der Waals surface area contributed by atoms with Crippen LogP contribution in [0.5, 0.6) is 0 Å². The van der Waals surface area contributed by atoms with Crippen LogP contribution in [0.1, 0.15) is 36.8 Å². The van der Waals surface area contributed by atoms with Gasteiger partial charge >= 0.3 is 0 Å². The molecule has 0 bridgehead atoms. The van der Waals surface area contributed by atoms with Crippen LogP contribution in [0.3, 0.4) is 0 Å². The second kappa shape index (κ2) is 7.31. The van der Waals surface area contributed by atoms with E-state index in [-0.39, 0.29) is 6.04 Å². The standard InChI is InChI=1S/C15H18Cl2IN3/c1-3-13-15(17)14(21(4-2)20-13)8-12(19)10-7-9(16)5-6-11(10)18/h5-7,12H,3-4,8,19H2,1-2H3. The smallest absolute Gasteiger partial charge is 0.0850 e. The van der Waals surface area contributed by atoms with Gasteiger partial charge in [0.15, 0.2) is 0 Å². The van der Waals surface area contributed by atoms with Crippen LogP contribution < -0.4 is 5.73 Å². The van der Waals surface area contributed by atoms with Crippen molar-refractivity contribution in [3.05, 3.63) is 48.8 Å². The molecule has 0 saturated carbocycles. The summed E-state index contributed by atoms with van der Waals surface area (Å²) in [5, 5.41) is 5.98. The highest BCUT2D eigenvalue weighted by atomic mass is 127. The zero-order valence-electron chi connectivity index (χ0n) is 12.0. The van der Waals surface area contributed by atoms with Crippen LogP contribution in [0.15, 0.2) is 18.2 Å². The third kappa shape index (κ3) is 3.73. The topological polar surface area (TPSA) is 43.8 Å². The van der Waals surface area contributed by atoms with E-state index in [2.05, 4.69) is 41.5 Å². The average Bonchev–Trinajstić information content (AvgIpc) is 2.77. The number of benzene rings is 1. The quantitative estimate of drug-likeness (QED) is 0.693. The number of nitrogens with zero attached hydrogens (tertiary/aromatic N) is 2. The van der Waals surface area contributed by atoms with Crippen LogP contribution in [0.2, 0.25) is 10.0 Å². The van der Waals surface area contributed by atoms with Gasteiger partial charge in [-0.1, -0.05) is 30.1 Å². The van der Waals surface area contributed by atoms with Crippen LogP contribution >= 0.6 is 45.8 Å². The Morgan fingerprint density at radius 2 is 2.05 bits per heavy atom. The minimum Gasteiger partial charge on any atom is -0.324 e. The Morgan fingerprint density at radius 1 is 1.33 bits per heavy atom. The fourth-order valence-electron chi connectivity index (χ4n) is 2.33. The predicted molar refractivity (Wildman–Crippen MR) is 97.1 cm³/mol. The van der Waals surface area contributed by atoms with E-state index in [1.807, 2.05) is 22.9 Å². The maximum absolute atomic E-state index is 6.44. The summed E-state index contributed by atoms with van der Waals surface area (Å²) >= 11 is 14.8. The van der Waals surface area contributed by atoms with Gasteiger partial charge in [-0.2, -0.15) is 5.10 Å². The SMILES string of the molecule is CCc1nn(CC)c(CC(N)c2cc(Cl)ccc2I)c1Cl. The first kappa shape index (κ1) is 17.1. The van der Waals surface area contributed by atoms with E-state index in [4.69, 9.17) is 28.9 Å². The molecule has 1 atom stereocenters. The third-order valence-corrected chi connectivity index (χ3v) is 5.12. The molecule has 1 unspecified atom stereocenters. The summed E-state index contributed by atoms with van der Waals surface area (Å²) < 4.78 is 3.05. The van der Waals surface area contributed by atoms with E-state index in [9.17, 15) is 0 Å². The van der Waals surface area contributed by atoms with E-state index < -0.39 is 0 Å². The van der Waals surface area contributed by atoms with Crippen molar-refractivity contribution in [2.45, 2.75) is 39.3 Å². The summed E-state index contributed by atoms with van der Waals surface area (Å²) in [7, 11) is 0. The minimum absolute atomic E-state index is 0.153. The van der Waals surface area contributed by atoms with Crippen molar-refractivity contribution in [1.82, 2.24) is 9.78 Å². The van der Waals surface area contributed by atoms with Gasteiger partial charge in [-0.05, 0) is 59.7 Å². The van der Waals surface area contributed by atoms with Gasteiger partial charge in [0.05, 0.1) is 16.4 Å². The second-order valence-corrected chi connectivity index (χ2v) is 6.83. The molecule has 0 aliphatic carbocycles. The Bertz CT molecular complexity index is 640. The zero-order valence-corrected chi connectivity index (χ0v) is 15.7. The lowest BCUT2D eigenvalue weighted by Crippen LogP contribution is -2.17. The molecule has 1 aromatic heterocycles. The molecule has 0 spiro atoms. The minimum atomic E-state index is -0.153. The van der Waals surface area contributed by atoms with Gasteiger partial charge in [-0.15, -0.1) is 0 Å². The maximum Gasteiger partial charge on any atom is 0.0850 e. The van der Waals surface area contributed by atoms with E-state index in [0.29, 0.717) is 11.4 Å². The predicted octanol–water partition coefficient (Wildman–Crippen LogP) is 4.62. The Labute approximate surface area is 148 Å². The van der Waals surface area contributed by atoms with Gasteiger partial charge in [-0.25, -0.2) is 0 Å². The Morgan fingerprint density at radius 3 is 2.67 bits per heavy atom. The average molecular weight is 438 g/mol. The molecule has 2 aromatic rings. The van der Waals surface area contributed by atoms with Gasteiger partial charge < -0.3 is 5.73 Å². The second-order valence-electron chi connectivity index (χ2n) is 4.85. The molecule has 0 saturated heterocycles. The molecule has 6 heteroatoms. The molecule has 2 rings (SSSR count). The van der Waals surface area contributed by atoms with E-state index >= 15 is 0 Å². The molecule has 1 heterocycles. The van der Waals surface area contributed by atoms with Crippen LogP contribution in [-0.2, 0) is 19.4 Å². The largest absolute Gasteiger partial charge is 0.324 e. The van der Waals surface area contributed by atoms with Gasteiger partial charge in [0.25, 0.3) is 0 Å². The van der Waals surface area contributed by atoms with Crippen LogP contribution in [0.4, 0.5) is 0 Å². The molecular weight excluding hydrogens is 420 g/mol. The molecular formula is C15H18Cl2IN3. The van der Waals surface area contributed by atoms with Crippen molar-refractivity contribution in [2.24, 2.45) is 5.73 Å². The zero-order chi connectivity index (χ0) is 15.6. The number of nitrogens with two attached hydrogens (primary N) is 1. The summed E-state index contributed by atoms with van der Waals surface area (Å²) in [5.41, 5.74) is 9.35. The first-order valence-electron chi connectivity index (χ1n) is 6.92. The molecule has 0 fully saturated rings. The number of halogens is 3. The number of aryl methyl sites for hydroxylation is 2. The number of hydrogen-bond donors (Lipinski definition) is 1. The highest BCUT2D eigenvalue weighted by molar-refractivity contribution is 14.1. The van der Waals surface area contributed by atoms with Crippen molar-refractivity contribution in [3.63, 3.8) is 0 Å². The Hall–Kier alpha value is -0.300. The molecule has 114 valence electrons. The summed E-state index contributed by atoms with van der Waals surface area (Å²) in [4.78, 5) is 0. The lowest BCUT2D eigenvalue weighted by Gasteiger charge is -2.15. The fraction of sp³-hybridized carbons (Fsp3) is 0.400. The highest BCUT2D eigenvalue weighted by Gasteiger charge is 2.19. The van der Waals surface area contributed by atoms with Gasteiger partial charge in [0.1, 0.15) is 0 Å². The summed E-state index contributed by atoms with van der Waals surface area (Å²) in [6, 6.07) is 5.63. The normalized spacial score (nSPS) is 12.7. The molecule has 3 nitrogen and oxygen atoms in total. The number of rotatable bonds is 5. The van der Waals surface area contributed by atoms with Gasteiger partial charge in [-0.3, -0.25) is 4.68 Å². The van der Waals surface area contributed by atoms with Crippen molar-refractivity contribution >= 4 is 45.8 Å². The van der Waals surface area contributed by atoms with E-state index in [0.717, 1.165) is 38.5 Å². The van der Waals surface area contributed by atoms with Crippen molar-refractivity contribution in [3.8, 4) is 0 Å². The molecule has 0 aliphatic heterocycles. The van der Waals surface area contributed by atoms with Crippen molar-refractivity contribution in [2.75, 3.05) is 0 Å². The van der Waals surface area contributed by atoms with Gasteiger partial charge in [0.2, 0.25) is 0 Å². The first-order chi connectivity index (χ1) is 9.97. The molecule has 0 amide bonds. The molecule has 0 aliphatic rings. The Kier molecular flexibility index (Phi) is 5.94. The van der Waals surface area contributed by atoms with E-state index in [1.54, 1.807) is 0 Å². The maximum atomic E-state index is 6.44. The van der Waals surface area contributed by atoms with Crippen LogP contribution in [-0.4, -0.2) is 9.78 Å². The highest BCUT2D eigenvalue weighted by Crippen LogP contribution is 2.29.